The van der Waals surface area contributed by atoms with Crippen LogP contribution in [0.1, 0.15) is 67.8 Å². The maximum atomic E-state index is 3.79. The minimum Gasteiger partial charge on any atom is -0.309 e. The van der Waals surface area contributed by atoms with Crippen molar-refractivity contribution in [2.24, 2.45) is 5.92 Å². The van der Waals surface area contributed by atoms with Crippen LogP contribution in [0.15, 0.2) is 6.07 Å². The predicted octanol–water partition coefficient (Wildman–Crippen LogP) is 4.71. The highest BCUT2D eigenvalue weighted by atomic mass is 32.1. The summed E-state index contributed by atoms with van der Waals surface area (Å²) in [6.07, 6.45) is 7.79. The summed E-state index contributed by atoms with van der Waals surface area (Å²) in [4.78, 5) is 3.26. The zero-order chi connectivity index (χ0) is 13.0. The molecule has 0 aliphatic heterocycles. The van der Waals surface area contributed by atoms with Crippen LogP contribution in [0.3, 0.4) is 0 Å². The third-order valence-corrected chi connectivity index (χ3v) is 5.53. The Labute approximate surface area is 116 Å². The van der Waals surface area contributed by atoms with E-state index in [2.05, 4.69) is 43.5 Å². The molecule has 1 aromatic rings. The van der Waals surface area contributed by atoms with Gasteiger partial charge < -0.3 is 5.32 Å². The Bertz CT molecular complexity index is 344. The van der Waals surface area contributed by atoms with Gasteiger partial charge in [-0.1, -0.05) is 33.6 Å². The lowest BCUT2D eigenvalue weighted by Crippen LogP contribution is -2.27. The highest BCUT2D eigenvalue weighted by Crippen LogP contribution is 2.37. The zero-order valence-corrected chi connectivity index (χ0v) is 12.9. The minimum atomic E-state index is 0.593. The lowest BCUT2D eigenvalue weighted by molar-refractivity contribution is 0.346. The lowest BCUT2D eigenvalue weighted by Gasteiger charge is -2.25. The third kappa shape index (κ3) is 2.97. The van der Waals surface area contributed by atoms with E-state index >= 15 is 0 Å². The van der Waals surface area contributed by atoms with Gasteiger partial charge in [-0.3, -0.25) is 0 Å². The zero-order valence-electron chi connectivity index (χ0n) is 12.1. The molecule has 2 rings (SSSR count). The van der Waals surface area contributed by atoms with Crippen molar-refractivity contribution in [3.8, 4) is 0 Å². The summed E-state index contributed by atoms with van der Waals surface area (Å²) in [7, 11) is 0. The van der Waals surface area contributed by atoms with E-state index in [9.17, 15) is 0 Å². The monoisotopic (exact) mass is 265 g/mol. The van der Waals surface area contributed by atoms with Gasteiger partial charge in [0.25, 0.3) is 0 Å². The molecule has 0 radical (unpaired) electrons. The molecule has 1 aromatic heterocycles. The van der Waals surface area contributed by atoms with E-state index < -0.39 is 0 Å². The van der Waals surface area contributed by atoms with E-state index in [1.807, 2.05) is 0 Å². The second kappa shape index (κ2) is 6.72. The fourth-order valence-electron chi connectivity index (χ4n) is 3.06. The van der Waals surface area contributed by atoms with Crippen LogP contribution in [0.25, 0.3) is 0 Å². The molecule has 0 saturated carbocycles. The third-order valence-electron chi connectivity index (χ3n) is 4.21. The van der Waals surface area contributed by atoms with Crippen molar-refractivity contribution in [1.82, 2.24) is 5.32 Å². The van der Waals surface area contributed by atoms with Crippen molar-refractivity contribution >= 4 is 11.3 Å². The van der Waals surface area contributed by atoms with Crippen molar-refractivity contribution in [3.05, 3.63) is 21.4 Å². The number of rotatable bonds is 7. The van der Waals surface area contributed by atoms with E-state index in [0.717, 1.165) is 12.5 Å². The summed E-state index contributed by atoms with van der Waals surface area (Å²) in [5.74, 6) is 0.787. The molecule has 0 spiro atoms. The molecule has 1 unspecified atom stereocenters. The van der Waals surface area contributed by atoms with Gasteiger partial charge in [-0.05, 0) is 49.8 Å². The summed E-state index contributed by atoms with van der Waals surface area (Å²) in [5, 5.41) is 3.79. The number of aryl methyl sites for hydroxylation is 2. The standard InChI is InChI=1S/C16H27NS/c1-4-10-17-16(12(5-2)6-3)15-11-13-8-7-9-14(13)18-15/h11-12,16-17H,4-10H2,1-3H3. The first-order valence-corrected chi connectivity index (χ1v) is 8.46. The Morgan fingerprint density at radius 3 is 2.61 bits per heavy atom. The van der Waals surface area contributed by atoms with E-state index in [1.165, 1.54) is 38.5 Å². The number of nitrogens with one attached hydrogen (secondary N) is 1. The quantitative estimate of drug-likeness (QED) is 0.752. The highest BCUT2D eigenvalue weighted by molar-refractivity contribution is 7.12. The maximum Gasteiger partial charge on any atom is 0.0443 e. The topological polar surface area (TPSA) is 12.0 Å². The van der Waals surface area contributed by atoms with Crippen LogP contribution in [-0.2, 0) is 12.8 Å². The second-order valence-corrected chi connectivity index (χ2v) is 6.63. The van der Waals surface area contributed by atoms with Crippen molar-refractivity contribution in [2.75, 3.05) is 6.54 Å². The summed E-state index contributed by atoms with van der Waals surface area (Å²) < 4.78 is 0. The highest BCUT2D eigenvalue weighted by Gasteiger charge is 2.24. The smallest absolute Gasteiger partial charge is 0.0443 e. The fraction of sp³-hybridized carbons (Fsp3) is 0.750. The Balaban J connectivity index is 2.15. The average Bonchev–Trinajstić information content (AvgIpc) is 2.95. The first-order valence-electron chi connectivity index (χ1n) is 7.64. The largest absolute Gasteiger partial charge is 0.309 e. The molecule has 1 aliphatic carbocycles. The van der Waals surface area contributed by atoms with Crippen molar-refractivity contribution in [2.45, 2.75) is 65.3 Å². The molecule has 1 nitrogen and oxygen atoms in total. The van der Waals surface area contributed by atoms with Crippen LogP contribution >= 0.6 is 11.3 Å². The number of hydrogen-bond donors (Lipinski definition) is 1. The van der Waals surface area contributed by atoms with Crippen LogP contribution < -0.4 is 5.32 Å². The molecule has 1 atom stereocenters. The molecule has 1 aliphatic rings. The van der Waals surface area contributed by atoms with Crippen molar-refractivity contribution in [3.63, 3.8) is 0 Å². The van der Waals surface area contributed by atoms with Gasteiger partial charge in [-0.15, -0.1) is 11.3 Å². The molecular weight excluding hydrogens is 238 g/mol. The van der Waals surface area contributed by atoms with E-state index in [4.69, 9.17) is 0 Å². The number of hydrogen-bond acceptors (Lipinski definition) is 2. The fourth-order valence-corrected chi connectivity index (χ4v) is 4.49. The molecule has 0 amide bonds. The summed E-state index contributed by atoms with van der Waals surface area (Å²) >= 11 is 2.08. The van der Waals surface area contributed by atoms with Crippen LogP contribution in [-0.4, -0.2) is 6.54 Å². The molecule has 2 heteroatoms. The van der Waals surface area contributed by atoms with Crippen molar-refractivity contribution in [1.29, 1.82) is 0 Å². The summed E-state index contributed by atoms with van der Waals surface area (Å²) in [6.45, 7) is 8.06. The molecule has 0 fully saturated rings. The Hall–Kier alpha value is -0.340. The first kappa shape index (κ1) is 14.1. The Morgan fingerprint density at radius 2 is 2.00 bits per heavy atom. The minimum absolute atomic E-state index is 0.593. The Morgan fingerprint density at radius 1 is 1.22 bits per heavy atom. The van der Waals surface area contributed by atoms with Gasteiger partial charge in [-0.2, -0.15) is 0 Å². The molecule has 0 saturated heterocycles. The molecule has 102 valence electrons. The molecule has 1 heterocycles. The van der Waals surface area contributed by atoms with Gasteiger partial charge in [0.15, 0.2) is 0 Å². The number of fused-ring (bicyclic) bond motifs is 1. The van der Waals surface area contributed by atoms with Gasteiger partial charge in [-0.25, -0.2) is 0 Å². The van der Waals surface area contributed by atoms with Gasteiger partial charge in [0, 0.05) is 15.8 Å². The van der Waals surface area contributed by atoms with Crippen molar-refractivity contribution < 1.29 is 0 Å². The van der Waals surface area contributed by atoms with Gasteiger partial charge in [0.05, 0.1) is 0 Å². The van der Waals surface area contributed by atoms with Crippen LogP contribution in [0.4, 0.5) is 0 Å². The van der Waals surface area contributed by atoms with Crippen LogP contribution in [0, 0.1) is 5.92 Å². The van der Waals surface area contributed by atoms with Gasteiger partial charge in [0.2, 0.25) is 0 Å². The van der Waals surface area contributed by atoms with Gasteiger partial charge >= 0.3 is 0 Å². The molecule has 0 aromatic carbocycles. The molecule has 1 N–H and O–H groups in total. The normalized spacial score (nSPS) is 16.2. The maximum absolute atomic E-state index is 3.79. The van der Waals surface area contributed by atoms with Crippen LogP contribution in [0.5, 0.6) is 0 Å². The molecule has 0 bridgehead atoms. The van der Waals surface area contributed by atoms with Gasteiger partial charge in [0.1, 0.15) is 0 Å². The first-order chi connectivity index (χ1) is 8.80. The number of thiophene rings is 1. The second-order valence-electron chi connectivity index (χ2n) is 5.46. The SMILES string of the molecule is CCCNC(c1cc2c(s1)CCC2)C(CC)CC. The lowest BCUT2D eigenvalue weighted by atomic mass is 9.92. The average molecular weight is 265 g/mol. The Kier molecular flexibility index (Phi) is 5.25. The van der Waals surface area contributed by atoms with Crippen LogP contribution in [0.2, 0.25) is 0 Å². The van der Waals surface area contributed by atoms with E-state index in [-0.39, 0.29) is 0 Å². The summed E-state index contributed by atoms with van der Waals surface area (Å²) in [5.41, 5.74) is 1.64. The predicted molar refractivity (Wildman–Crippen MR) is 81.5 cm³/mol. The van der Waals surface area contributed by atoms with E-state index in [0.29, 0.717) is 6.04 Å². The summed E-state index contributed by atoms with van der Waals surface area (Å²) in [6, 6.07) is 3.09. The van der Waals surface area contributed by atoms with E-state index in [1.54, 1.807) is 15.3 Å². The molecule has 18 heavy (non-hydrogen) atoms. The molecular formula is C16H27NS.